The molecule has 122 valence electrons. The maximum absolute atomic E-state index is 12.8. The second kappa shape index (κ2) is 7.08. The first-order valence-corrected chi connectivity index (χ1v) is 6.83. The van der Waals surface area contributed by atoms with Crippen molar-refractivity contribution in [1.82, 2.24) is 9.97 Å². The molecule has 1 aromatic heterocycles. The number of halogens is 3. The van der Waals surface area contributed by atoms with Gasteiger partial charge in [0.15, 0.2) is 0 Å². The van der Waals surface area contributed by atoms with Gasteiger partial charge in [-0.05, 0) is 11.6 Å². The van der Waals surface area contributed by atoms with Gasteiger partial charge in [-0.2, -0.15) is 13.2 Å². The summed E-state index contributed by atoms with van der Waals surface area (Å²) in [5, 5.41) is 0. The average molecular weight is 324 g/mol. The number of hydrogen-bond donors (Lipinski definition) is 1. The summed E-state index contributed by atoms with van der Waals surface area (Å²) in [6.07, 6.45) is -3.51. The Kier molecular flexibility index (Phi) is 5.15. The number of amides is 1. The molecule has 5 nitrogen and oxygen atoms in total. The van der Waals surface area contributed by atoms with Crippen LogP contribution in [0.25, 0.3) is 0 Å². The molecule has 0 fully saturated rings. The Morgan fingerprint density at radius 3 is 2.48 bits per heavy atom. The van der Waals surface area contributed by atoms with E-state index >= 15 is 0 Å². The van der Waals surface area contributed by atoms with E-state index in [1.165, 1.54) is 4.90 Å². The molecule has 1 amide bonds. The lowest BCUT2D eigenvalue weighted by Crippen LogP contribution is -2.29. The highest BCUT2D eigenvalue weighted by Gasteiger charge is 2.33. The molecule has 2 N–H and O–H groups in total. The van der Waals surface area contributed by atoms with E-state index < -0.39 is 17.8 Å². The molecular weight excluding hydrogens is 309 g/mol. The first-order chi connectivity index (χ1) is 10.9. The van der Waals surface area contributed by atoms with Gasteiger partial charge >= 0.3 is 6.18 Å². The number of anilines is 1. The molecule has 0 saturated heterocycles. The Labute approximate surface area is 131 Å². The van der Waals surface area contributed by atoms with Crippen molar-refractivity contribution >= 4 is 11.9 Å². The molecule has 1 aromatic carbocycles. The first-order valence-electron chi connectivity index (χ1n) is 6.83. The van der Waals surface area contributed by atoms with Gasteiger partial charge in [-0.1, -0.05) is 30.3 Å². The molecule has 0 aliphatic rings. The summed E-state index contributed by atoms with van der Waals surface area (Å²) >= 11 is 0. The molecular formula is C15H15F3N4O. The van der Waals surface area contributed by atoms with Crippen LogP contribution < -0.4 is 10.6 Å². The lowest BCUT2D eigenvalue weighted by molar-refractivity contribution is -0.141. The molecule has 0 radical (unpaired) electrons. The zero-order valence-corrected chi connectivity index (χ0v) is 12.1. The maximum Gasteiger partial charge on any atom is 0.433 e. The number of carbonyl (C=O) groups is 1. The van der Waals surface area contributed by atoms with Crippen molar-refractivity contribution < 1.29 is 18.0 Å². The third-order valence-electron chi connectivity index (χ3n) is 3.06. The molecule has 0 unspecified atom stereocenters. The van der Waals surface area contributed by atoms with Gasteiger partial charge in [-0.25, -0.2) is 9.97 Å². The number of alkyl halides is 3. The smallest absolute Gasteiger partial charge is 0.370 e. The fraction of sp³-hybridized carbons (Fsp3) is 0.267. The molecule has 2 rings (SSSR count). The summed E-state index contributed by atoms with van der Waals surface area (Å²) in [7, 11) is 0. The summed E-state index contributed by atoms with van der Waals surface area (Å²) in [6.45, 7) is 0.404. The number of hydrogen-bond acceptors (Lipinski definition) is 4. The molecule has 23 heavy (non-hydrogen) atoms. The van der Waals surface area contributed by atoms with Gasteiger partial charge in [0.2, 0.25) is 11.9 Å². The second-order valence-electron chi connectivity index (χ2n) is 4.86. The quantitative estimate of drug-likeness (QED) is 0.885. The zero-order chi connectivity index (χ0) is 16.9. The van der Waals surface area contributed by atoms with Crippen LogP contribution in [0.1, 0.15) is 17.7 Å². The molecule has 0 atom stereocenters. The van der Waals surface area contributed by atoms with Crippen molar-refractivity contribution in [3.8, 4) is 0 Å². The summed E-state index contributed by atoms with van der Waals surface area (Å²) in [5.74, 6) is -0.639. The van der Waals surface area contributed by atoms with Gasteiger partial charge < -0.3 is 10.6 Å². The number of primary amides is 1. The van der Waals surface area contributed by atoms with E-state index in [4.69, 9.17) is 5.73 Å². The van der Waals surface area contributed by atoms with E-state index in [1.54, 1.807) is 0 Å². The largest absolute Gasteiger partial charge is 0.433 e. The third-order valence-corrected chi connectivity index (χ3v) is 3.06. The van der Waals surface area contributed by atoms with Crippen LogP contribution in [0.3, 0.4) is 0 Å². The van der Waals surface area contributed by atoms with E-state index in [0.717, 1.165) is 17.8 Å². The topological polar surface area (TPSA) is 72.1 Å². The SMILES string of the molecule is NC(=O)CCN(Cc1ccccc1)c1nccc(C(F)(F)F)n1. The highest BCUT2D eigenvalue weighted by atomic mass is 19.4. The van der Waals surface area contributed by atoms with Crippen LogP contribution in [0.5, 0.6) is 0 Å². The lowest BCUT2D eigenvalue weighted by Gasteiger charge is -2.22. The van der Waals surface area contributed by atoms with Crippen LogP contribution in [-0.4, -0.2) is 22.4 Å². The van der Waals surface area contributed by atoms with E-state index in [-0.39, 0.29) is 25.5 Å². The standard InChI is InChI=1S/C15H15F3N4O/c16-15(17,18)12-6-8-20-14(21-12)22(9-7-13(19)23)10-11-4-2-1-3-5-11/h1-6,8H,7,9-10H2,(H2,19,23). The van der Waals surface area contributed by atoms with Crippen LogP contribution in [0.15, 0.2) is 42.6 Å². The van der Waals surface area contributed by atoms with Crippen molar-refractivity contribution in [1.29, 1.82) is 0 Å². The lowest BCUT2D eigenvalue weighted by atomic mass is 10.2. The Bertz CT molecular complexity index is 661. The number of aromatic nitrogens is 2. The van der Waals surface area contributed by atoms with Crippen molar-refractivity contribution in [2.45, 2.75) is 19.1 Å². The van der Waals surface area contributed by atoms with E-state index in [9.17, 15) is 18.0 Å². The number of benzene rings is 1. The number of rotatable bonds is 6. The van der Waals surface area contributed by atoms with Crippen LogP contribution in [0.4, 0.5) is 19.1 Å². The fourth-order valence-electron chi connectivity index (χ4n) is 1.96. The van der Waals surface area contributed by atoms with E-state index in [1.807, 2.05) is 30.3 Å². The number of carbonyl (C=O) groups excluding carboxylic acids is 1. The maximum atomic E-state index is 12.8. The fourth-order valence-corrected chi connectivity index (χ4v) is 1.96. The molecule has 0 aliphatic carbocycles. The highest BCUT2D eigenvalue weighted by Crippen LogP contribution is 2.28. The minimum Gasteiger partial charge on any atom is -0.370 e. The third kappa shape index (κ3) is 4.94. The van der Waals surface area contributed by atoms with Crippen LogP contribution in [-0.2, 0) is 17.5 Å². The van der Waals surface area contributed by atoms with Crippen molar-refractivity contribution in [3.05, 3.63) is 53.9 Å². The average Bonchev–Trinajstić information content (AvgIpc) is 2.51. The molecule has 0 bridgehead atoms. The molecule has 8 heteroatoms. The summed E-state index contributed by atoms with van der Waals surface area (Å²) in [6, 6.07) is 9.91. The Morgan fingerprint density at radius 2 is 1.87 bits per heavy atom. The minimum absolute atomic E-state index is 0.00750. The van der Waals surface area contributed by atoms with Crippen LogP contribution >= 0.6 is 0 Å². The van der Waals surface area contributed by atoms with Crippen LogP contribution in [0, 0.1) is 0 Å². The van der Waals surface area contributed by atoms with E-state index in [2.05, 4.69) is 9.97 Å². The molecule has 2 aromatic rings. The van der Waals surface area contributed by atoms with Crippen molar-refractivity contribution in [2.24, 2.45) is 5.73 Å². The van der Waals surface area contributed by atoms with Gasteiger partial charge in [-0.15, -0.1) is 0 Å². The van der Waals surface area contributed by atoms with Crippen molar-refractivity contribution in [3.63, 3.8) is 0 Å². The summed E-state index contributed by atoms with van der Waals surface area (Å²) in [5.41, 5.74) is 4.96. The summed E-state index contributed by atoms with van der Waals surface area (Å²) < 4.78 is 38.4. The van der Waals surface area contributed by atoms with Gasteiger partial charge in [0.05, 0.1) is 0 Å². The van der Waals surface area contributed by atoms with Gasteiger partial charge in [0.25, 0.3) is 0 Å². The monoisotopic (exact) mass is 324 g/mol. The Balaban J connectivity index is 2.27. The van der Waals surface area contributed by atoms with Crippen LogP contribution in [0.2, 0.25) is 0 Å². The van der Waals surface area contributed by atoms with Crippen molar-refractivity contribution in [2.75, 3.05) is 11.4 Å². The number of nitrogens with two attached hydrogens (primary N) is 1. The van der Waals surface area contributed by atoms with Gasteiger partial charge in [-0.3, -0.25) is 4.79 Å². The Hall–Kier alpha value is -2.64. The normalized spacial score (nSPS) is 11.3. The second-order valence-corrected chi connectivity index (χ2v) is 4.86. The predicted molar refractivity (Wildman–Crippen MR) is 78.3 cm³/mol. The van der Waals surface area contributed by atoms with E-state index in [0.29, 0.717) is 0 Å². The molecule has 0 spiro atoms. The molecule has 0 aliphatic heterocycles. The minimum atomic E-state index is -4.56. The number of nitrogens with zero attached hydrogens (tertiary/aromatic N) is 3. The molecule has 0 saturated carbocycles. The van der Waals surface area contributed by atoms with Gasteiger partial charge in [0.1, 0.15) is 5.69 Å². The highest BCUT2D eigenvalue weighted by molar-refractivity contribution is 5.74. The predicted octanol–water partition coefficient (Wildman–Crippen LogP) is 2.38. The zero-order valence-electron chi connectivity index (χ0n) is 12.1. The molecule has 1 heterocycles. The summed E-state index contributed by atoms with van der Waals surface area (Å²) in [4.78, 5) is 19.9. The first kappa shape index (κ1) is 16.7. The Morgan fingerprint density at radius 1 is 1.17 bits per heavy atom. The van der Waals surface area contributed by atoms with Gasteiger partial charge in [0, 0.05) is 25.7 Å².